The van der Waals surface area contributed by atoms with Gasteiger partial charge < -0.3 is 0 Å². The number of hydrogen-bond acceptors (Lipinski definition) is 0. The van der Waals surface area contributed by atoms with Crippen LogP contribution in [-0.2, 0) is 0 Å². The van der Waals surface area contributed by atoms with Gasteiger partial charge >= 0.3 is 0 Å². The van der Waals surface area contributed by atoms with E-state index in [1.54, 1.807) is 0 Å². The number of fused-ring (bicyclic) bond motifs is 1. The van der Waals surface area contributed by atoms with Gasteiger partial charge in [0.15, 0.2) is 0 Å². The first-order chi connectivity index (χ1) is 9.24. The maximum Gasteiger partial charge on any atom is 0.00612 e. The van der Waals surface area contributed by atoms with E-state index < -0.39 is 0 Å². The summed E-state index contributed by atoms with van der Waals surface area (Å²) in [6.07, 6.45) is 0. The smallest absolute Gasteiger partial charge is 0.00612 e. The number of aryl methyl sites for hydroxylation is 1. The van der Waals surface area contributed by atoms with Crippen molar-refractivity contribution in [2.45, 2.75) is 19.8 Å². The van der Waals surface area contributed by atoms with Gasteiger partial charge in [-0.25, -0.2) is 0 Å². The summed E-state index contributed by atoms with van der Waals surface area (Å²) in [5, 5.41) is 2.65. The summed E-state index contributed by atoms with van der Waals surface area (Å²) in [6.45, 7) is 4.41. The summed E-state index contributed by atoms with van der Waals surface area (Å²) in [5.74, 6) is 0.437. The van der Waals surface area contributed by atoms with Crippen LogP contribution in [0.5, 0.6) is 0 Å². The molecule has 0 radical (unpaired) electrons. The summed E-state index contributed by atoms with van der Waals surface area (Å²) >= 11 is 0. The number of benzene rings is 3. The second kappa shape index (κ2) is 4.89. The minimum Gasteiger partial charge on any atom is -0.0622 e. The van der Waals surface area contributed by atoms with Crippen LogP contribution in [0.2, 0.25) is 0 Å². The Morgan fingerprint density at radius 2 is 1.37 bits per heavy atom. The van der Waals surface area contributed by atoms with E-state index in [0.29, 0.717) is 5.92 Å². The van der Waals surface area contributed by atoms with Crippen molar-refractivity contribution in [1.82, 2.24) is 0 Å². The van der Waals surface area contributed by atoms with Crippen LogP contribution in [0.3, 0.4) is 0 Å². The molecule has 0 spiro atoms. The fraction of sp³-hybridized carbons (Fsp3) is 0.158. The van der Waals surface area contributed by atoms with E-state index in [4.69, 9.17) is 0 Å². The Morgan fingerprint density at radius 3 is 2.16 bits per heavy atom. The number of rotatable bonds is 2. The molecule has 0 aliphatic heterocycles. The minimum atomic E-state index is 0.437. The molecule has 0 N–H and O–H groups in total. The molecule has 1 unspecified atom stereocenters. The molecule has 94 valence electrons. The van der Waals surface area contributed by atoms with Crippen LogP contribution < -0.4 is 0 Å². The lowest BCUT2D eigenvalue weighted by Crippen LogP contribution is -1.95. The van der Waals surface area contributed by atoms with Gasteiger partial charge in [0.2, 0.25) is 0 Å². The van der Waals surface area contributed by atoms with Crippen molar-refractivity contribution in [3.63, 3.8) is 0 Å². The van der Waals surface area contributed by atoms with Crippen molar-refractivity contribution >= 4 is 10.8 Å². The lowest BCUT2D eigenvalue weighted by Gasteiger charge is -2.13. The lowest BCUT2D eigenvalue weighted by molar-refractivity contribution is 0.925. The Morgan fingerprint density at radius 1 is 0.684 bits per heavy atom. The predicted molar refractivity (Wildman–Crippen MR) is 82.6 cm³/mol. The molecule has 0 aliphatic rings. The molecule has 0 bridgehead atoms. The van der Waals surface area contributed by atoms with Gasteiger partial charge in [-0.3, -0.25) is 0 Å². The van der Waals surface area contributed by atoms with Crippen molar-refractivity contribution < 1.29 is 0 Å². The summed E-state index contributed by atoms with van der Waals surface area (Å²) < 4.78 is 0. The van der Waals surface area contributed by atoms with Crippen molar-refractivity contribution in [2.24, 2.45) is 0 Å². The van der Waals surface area contributed by atoms with Crippen LogP contribution in [0, 0.1) is 6.92 Å². The van der Waals surface area contributed by atoms with Crippen molar-refractivity contribution in [3.05, 3.63) is 83.4 Å². The van der Waals surface area contributed by atoms with Gasteiger partial charge in [0.25, 0.3) is 0 Å². The van der Waals surface area contributed by atoms with E-state index in [9.17, 15) is 0 Å². The van der Waals surface area contributed by atoms with Gasteiger partial charge in [-0.2, -0.15) is 0 Å². The highest BCUT2D eigenvalue weighted by Crippen LogP contribution is 2.27. The Labute approximate surface area is 114 Å². The van der Waals surface area contributed by atoms with E-state index in [0.717, 1.165) is 0 Å². The van der Waals surface area contributed by atoms with Crippen LogP contribution >= 0.6 is 0 Å². The molecule has 0 saturated heterocycles. The Bertz CT molecular complexity index is 696. The summed E-state index contributed by atoms with van der Waals surface area (Å²) in [6, 6.07) is 24.1. The molecule has 3 aromatic carbocycles. The topological polar surface area (TPSA) is 0 Å². The Kier molecular flexibility index (Phi) is 3.08. The van der Waals surface area contributed by atoms with Gasteiger partial charge in [0.05, 0.1) is 0 Å². The molecule has 0 nitrogen and oxygen atoms in total. The molecular weight excluding hydrogens is 228 g/mol. The molecule has 0 aliphatic carbocycles. The SMILES string of the molecule is Cc1ccc2cc(C(C)c3ccccc3)ccc2c1. The van der Waals surface area contributed by atoms with Crippen LogP contribution in [0.1, 0.15) is 29.5 Å². The molecule has 0 heteroatoms. The highest BCUT2D eigenvalue weighted by Gasteiger charge is 2.08. The van der Waals surface area contributed by atoms with Crippen molar-refractivity contribution in [2.75, 3.05) is 0 Å². The average molecular weight is 246 g/mol. The van der Waals surface area contributed by atoms with E-state index in [1.165, 1.54) is 27.5 Å². The first kappa shape index (κ1) is 12.0. The van der Waals surface area contributed by atoms with Crippen LogP contribution in [0.15, 0.2) is 66.7 Å². The summed E-state index contributed by atoms with van der Waals surface area (Å²) in [4.78, 5) is 0. The van der Waals surface area contributed by atoms with Gasteiger partial charge in [0.1, 0.15) is 0 Å². The third-order valence-corrected chi connectivity index (χ3v) is 3.82. The Balaban J connectivity index is 2.04. The summed E-state index contributed by atoms with van der Waals surface area (Å²) in [7, 11) is 0. The van der Waals surface area contributed by atoms with Crippen molar-refractivity contribution in [1.29, 1.82) is 0 Å². The molecule has 0 heterocycles. The van der Waals surface area contributed by atoms with Gasteiger partial charge in [-0.05, 0) is 28.8 Å². The second-order valence-electron chi connectivity index (χ2n) is 5.24. The predicted octanol–water partition coefficient (Wildman–Crippen LogP) is 5.30. The second-order valence-corrected chi connectivity index (χ2v) is 5.24. The quantitative estimate of drug-likeness (QED) is 0.575. The van der Waals surface area contributed by atoms with Crippen LogP contribution in [0.4, 0.5) is 0 Å². The standard InChI is InChI=1S/C19H18/c1-14-8-9-19-13-17(10-11-18(19)12-14)15(2)16-6-4-3-5-7-16/h3-13,15H,1-2H3. The summed E-state index contributed by atoms with van der Waals surface area (Å²) in [5.41, 5.74) is 4.06. The zero-order valence-corrected chi connectivity index (χ0v) is 11.4. The first-order valence-corrected chi connectivity index (χ1v) is 6.79. The van der Waals surface area contributed by atoms with Gasteiger partial charge in [0, 0.05) is 5.92 Å². The molecule has 0 amide bonds. The third kappa shape index (κ3) is 2.39. The molecule has 1 atom stereocenters. The maximum atomic E-state index is 2.31. The largest absolute Gasteiger partial charge is 0.0622 e. The van der Waals surface area contributed by atoms with E-state index in [1.807, 2.05) is 0 Å². The third-order valence-electron chi connectivity index (χ3n) is 3.82. The molecular formula is C19H18. The fourth-order valence-corrected chi connectivity index (χ4v) is 2.59. The monoisotopic (exact) mass is 246 g/mol. The van der Waals surface area contributed by atoms with Crippen LogP contribution in [0.25, 0.3) is 10.8 Å². The molecule has 3 aromatic rings. The molecule has 19 heavy (non-hydrogen) atoms. The Hall–Kier alpha value is -2.08. The lowest BCUT2D eigenvalue weighted by atomic mass is 9.91. The molecule has 0 aromatic heterocycles. The van der Waals surface area contributed by atoms with Gasteiger partial charge in [-0.1, -0.05) is 79.2 Å². The molecule has 0 saturated carbocycles. The van der Waals surface area contributed by atoms with Crippen LogP contribution in [-0.4, -0.2) is 0 Å². The maximum absolute atomic E-state index is 2.31. The van der Waals surface area contributed by atoms with Crippen molar-refractivity contribution in [3.8, 4) is 0 Å². The van der Waals surface area contributed by atoms with E-state index in [2.05, 4.69) is 80.6 Å². The zero-order valence-electron chi connectivity index (χ0n) is 11.4. The fourth-order valence-electron chi connectivity index (χ4n) is 2.59. The zero-order chi connectivity index (χ0) is 13.2. The van der Waals surface area contributed by atoms with E-state index >= 15 is 0 Å². The highest BCUT2D eigenvalue weighted by molar-refractivity contribution is 5.84. The highest BCUT2D eigenvalue weighted by atomic mass is 14.1. The van der Waals surface area contributed by atoms with E-state index in [-0.39, 0.29) is 0 Å². The molecule has 3 rings (SSSR count). The normalized spacial score (nSPS) is 12.5. The first-order valence-electron chi connectivity index (χ1n) is 6.79. The average Bonchev–Trinajstić information content (AvgIpc) is 2.47. The minimum absolute atomic E-state index is 0.437. The molecule has 0 fully saturated rings. The number of hydrogen-bond donors (Lipinski definition) is 0. The van der Waals surface area contributed by atoms with Gasteiger partial charge in [-0.15, -0.1) is 0 Å².